The van der Waals surface area contributed by atoms with Crippen LogP contribution in [0.5, 0.6) is 0 Å². The van der Waals surface area contributed by atoms with Crippen LogP contribution >= 0.6 is 0 Å². The fourth-order valence-electron chi connectivity index (χ4n) is 5.61. The topological polar surface area (TPSA) is 131 Å². The Labute approximate surface area is 259 Å². The molecule has 2 N–H and O–H groups in total. The van der Waals surface area contributed by atoms with E-state index in [1.807, 2.05) is 52.0 Å². The van der Waals surface area contributed by atoms with Crippen LogP contribution < -0.4 is 41.3 Å². The van der Waals surface area contributed by atoms with E-state index in [4.69, 9.17) is 19.9 Å². The van der Waals surface area contributed by atoms with Crippen molar-refractivity contribution >= 4 is 48.4 Å². The summed E-state index contributed by atoms with van der Waals surface area (Å²) in [5.74, 6) is -1.80. The summed E-state index contributed by atoms with van der Waals surface area (Å²) in [4.78, 5) is 42.7. The summed E-state index contributed by atoms with van der Waals surface area (Å²) in [6.45, 7) is 15.9. The molecule has 0 saturated heterocycles. The number of aromatic nitrogens is 4. The normalized spacial score (nSPS) is 15.0. The van der Waals surface area contributed by atoms with E-state index < -0.39 is 11.9 Å². The molecule has 1 aliphatic rings. The summed E-state index contributed by atoms with van der Waals surface area (Å²) in [6, 6.07) is 0. The fraction of sp³-hybridized carbons (Fsp3) is 0.235. The van der Waals surface area contributed by atoms with Gasteiger partial charge in [0.2, 0.25) is 0 Å². The van der Waals surface area contributed by atoms with E-state index in [9.17, 15) is 19.8 Å². The summed E-state index contributed by atoms with van der Waals surface area (Å²) in [7, 11) is 0. The number of carboxylic acids is 2. The molecule has 8 bridgehead atoms. The average Bonchev–Trinajstić information content (AvgIpc) is 3.59. The van der Waals surface area contributed by atoms with Gasteiger partial charge in [-0.05, 0) is 51.7 Å². The molecule has 0 atom stereocenters. The molecule has 0 saturated carbocycles. The molecular weight excluding hydrogens is 584 g/mol. The second-order valence-electron chi connectivity index (χ2n) is 10.6. The molecule has 0 amide bonds. The van der Waals surface area contributed by atoms with Gasteiger partial charge >= 0.3 is 29.0 Å². The van der Waals surface area contributed by atoms with Crippen LogP contribution in [-0.2, 0) is 39.5 Å². The summed E-state index contributed by atoms with van der Waals surface area (Å²) in [5.41, 5.74) is 9.84. The zero-order chi connectivity index (χ0) is 30.3. The van der Waals surface area contributed by atoms with Gasteiger partial charge in [0.05, 0.1) is 0 Å². The second kappa shape index (κ2) is 12.4. The number of rotatable bonds is 8. The first-order valence-electron chi connectivity index (χ1n) is 13.8. The molecule has 8 nitrogen and oxygen atoms in total. The second-order valence-corrected chi connectivity index (χ2v) is 10.6. The molecule has 0 aliphatic carbocycles. The number of hydrogen-bond donors (Lipinski definition) is 2. The van der Waals surface area contributed by atoms with Crippen molar-refractivity contribution in [3.05, 3.63) is 102 Å². The quantitative estimate of drug-likeness (QED) is 0.252. The predicted molar refractivity (Wildman–Crippen MR) is 163 cm³/mol. The molecule has 5 heterocycles. The largest absolute Gasteiger partial charge is 4.00 e. The Bertz CT molecular complexity index is 2030. The Morgan fingerprint density at radius 2 is 1.09 bits per heavy atom. The van der Waals surface area contributed by atoms with Crippen molar-refractivity contribution in [2.75, 3.05) is 0 Å². The Balaban J connectivity index is 0.00000423. The Hall–Kier alpha value is -4.46. The first-order valence-corrected chi connectivity index (χ1v) is 13.8. The Morgan fingerprint density at radius 3 is 1.72 bits per heavy atom. The van der Waals surface area contributed by atoms with Gasteiger partial charge < -0.3 is 30.1 Å². The molecule has 5 rings (SSSR count). The zero-order valence-electron chi connectivity index (χ0n) is 24.6. The van der Waals surface area contributed by atoms with Crippen molar-refractivity contribution < 1.29 is 36.9 Å². The van der Waals surface area contributed by atoms with Gasteiger partial charge in [-0.15, -0.1) is 44.2 Å². The Morgan fingerprint density at radius 1 is 0.605 bits per heavy atom. The molecular formula is C34H32FeN4O4. The molecule has 4 aromatic heterocycles. The molecule has 0 fully saturated rings. The third-order valence-electron chi connectivity index (χ3n) is 8.06. The minimum absolute atomic E-state index is 0. The minimum Gasteiger partial charge on any atom is -0.657 e. The van der Waals surface area contributed by atoms with E-state index in [2.05, 4.69) is 13.2 Å². The van der Waals surface area contributed by atoms with E-state index in [1.165, 1.54) is 0 Å². The first-order chi connectivity index (χ1) is 20.0. The predicted octanol–water partition coefficient (Wildman–Crippen LogP) is 1.70. The van der Waals surface area contributed by atoms with Crippen molar-refractivity contribution in [2.45, 2.75) is 53.4 Å². The monoisotopic (exact) mass is 616 g/mol. The van der Waals surface area contributed by atoms with Crippen molar-refractivity contribution in [2.24, 2.45) is 0 Å². The third kappa shape index (κ3) is 5.91. The van der Waals surface area contributed by atoms with Crippen molar-refractivity contribution in [3.8, 4) is 0 Å². The van der Waals surface area contributed by atoms with Gasteiger partial charge in [-0.25, -0.2) is 0 Å². The van der Waals surface area contributed by atoms with Crippen LogP contribution in [0.15, 0.2) is 13.2 Å². The smallest absolute Gasteiger partial charge is 0.657 e. The summed E-state index contributed by atoms with van der Waals surface area (Å²) in [5, 5.41) is 21.7. The van der Waals surface area contributed by atoms with Gasteiger partial charge in [-0.2, -0.15) is 0 Å². The maximum atomic E-state index is 11.5. The number of carbonyl (C=O) groups is 2. The van der Waals surface area contributed by atoms with Gasteiger partial charge in [0.1, 0.15) is 0 Å². The van der Waals surface area contributed by atoms with Crippen LogP contribution in [0, 0.1) is 27.7 Å². The van der Waals surface area contributed by atoms with E-state index in [0.717, 1.165) is 60.9 Å². The van der Waals surface area contributed by atoms with Crippen molar-refractivity contribution in [1.29, 1.82) is 0 Å². The molecule has 43 heavy (non-hydrogen) atoms. The van der Waals surface area contributed by atoms with Crippen LogP contribution in [0.25, 0.3) is 36.5 Å². The maximum Gasteiger partial charge on any atom is 4.00 e. The number of carboxylic acid groups (broad SMARTS) is 2. The zero-order valence-corrected chi connectivity index (χ0v) is 25.7. The minimum atomic E-state index is -0.898. The number of hydrogen-bond acceptors (Lipinski definition) is 2. The molecule has 0 spiro atoms. The SMILES string of the molecule is C=Cc1c2[n-]c(c1C)/C=c1\[n-]/c(c(C)c1C=C)=C\c1[n-]c(c(CCC(=O)O)c1C)/C=c1\[n-]/c(c(C)c1CCC(=O)O)=C\2.[Fe+4]. The number of fused-ring (bicyclic) bond motifs is 8. The molecule has 0 unspecified atom stereocenters. The van der Waals surface area contributed by atoms with E-state index in [-0.39, 0.29) is 29.9 Å². The summed E-state index contributed by atoms with van der Waals surface area (Å²) >= 11 is 0. The molecule has 1 aliphatic heterocycles. The van der Waals surface area contributed by atoms with Gasteiger partial charge in [0.15, 0.2) is 0 Å². The summed E-state index contributed by atoms with van der Waals surface area (Å²) in [6.07, 6.45) is 11.7. The maximum absolute atomic E-state index is 11.5. The average molecular weight is 616 g/mol. The van der Waals surface area contributed by atoms with Crippen LogP contribution in [0.1, 0.15) is 80.1 Å². The molecule has 220 valence electrons. The van der Waals surface area contributed by atoms with E-state index in [0.29, 0.717) is 40.6 Å². The van der Waals surface area contributed by atoms with Gasteiger partial charge in [-0.1, -0.05) is 83.0 Å². The standard InChI is InChI=1S/C34H32N4O4.Fe/c1-7-21-17(3)25-13-26-19(5)23(9-11-33(39)40)31(37-26)16-32-24(10-12-34(41)42)20(6)28(38-32)15-30-22(8-2)18(4)27(36-30)14-29(21)35-25;/h7-8,13-16H,1-2,9-12H2,3-6H3,(H,39,40)(H,41,42);/q-4;+4/b25-13-,26-13?,27-14?,28-15-,29-14-,30-15?,31-16?,32-16-;. The fourth-order valence-corrected chi connectivity index (χ4v) is 5.61. The van der Waals surface area contributed by atoms with E-state index >= 15 is 0 Å². The van der Waals surface area contributed by atoms with Crippen molar-refractivity contribution in [1.82, 2.24) is 19.9 Å². The van der Waals surface area contributed by atoms with Crippen LogP contribution in [0.3, 0.4) is 0 Å². The Kier molecular flexibility index (Phi) is 9.09. The van der Waals surface area contributed by atoms with Crippen LogP contribution in [0.2, 0.25) is 0 Å². The third-order valence-corrected chi connectivity index (χ3v) is 8.06. The van der Waals surface area contributed by atoms with Gasteiger partial charge in [0, 0.05) is 12.8 Å². The molecule has 4 aromatic rings. The van der Waals surface area contributed by atoms with Crippen LogP contribution in [0.4, 0.5) is 0 Å². The summed E-state index contributed by atoms with van der Waals surface area (Å²) < 4.78 is 0. The molecule has 9 heteroatoms. The molecule has 0 radical (unpaired) electrons. The van der Waals surface area contributed by atoms with Gasteiger partial charge in [-0.3, -0.25) is 9.59 Å². The van der Waals surface area contributed by atoms with Crippen molar-refractivity contribution in [3.63, 3.8) is 0 Å². The first kappa shape index (κ1) is 31.5. The van der Waals surface area contributed by atoms with Gasteiger partial charge in [0.25, 0.3) is 0 Å². The number of aliphatic carboxylic acids is 2. The number of nitrogens with zero attached hydrogens (tertiary/aromatic N) is 4. The van der Waals surface area contributed by atoms with Crippen LogP contribution in [-0.4, -0.2) is 22.2 Å². The molecule has 0 aromatic carbocycles. The van der Waals surface area contributed by atoms with E-state index in [1.54, 1.807) is 12.2 Å².